The Hall–Kier alpha value is -2.10. The van der Waals surface area contributed by atoms with E-state index in [1.54, 1.807) is 20.2 Å². The van der Waals surface area contributed by atoms with Crippen LogP contribution in [0.3, 0.4) is 0 Å². The summed E-state index contributed by atoms with van der Waals surface area (Å²) in [4.78, 5) is 24.2. The van der Waals surface area contributed by atoms with Crippen LogP contribution in [0.2, 0.25) is 0 Å². The van der Waals surface area contributed by atoms with E-state index in [-0.39, 0.29) is 18.4 Å². The Bertz CT molecular complexity index is 462. The molecule has 0 saturated heterocycles. The molecule has 1 rings (SSSR count). The molecule has 1 N–H and O–H groups in total. The molecular formula is C15H20N2O2. The van der Waals surface area contributed by atoms with E-state index < -0.39 is 0 Å². The van der Waals surface area contributed by atoms with Gasteiger partial charge in [0.1, 0.15) is 0 Å². The van der Waals surface area contributed by atoms with Crippen LogP contribution in [0.25, 0.3) is 6.08 Å². The molecule has 0 atom stereocenters. The maximum Gasteiger partial charge on any atom is 0.244 e. The number of carbonyl (C=O) groups is 2. The van der Waals surface area contributed by atoms with E-state index in [0.717, 1.165) is 12.0 Å². The number of hydrogen-bond acceptors (Lipinski definition) is 2. The third-order valence-corrected chi connectivity index (χ3v) is 2.73. The molecule has 102 valence electrons. The smallest absolute Gasteiger partial charge is 0.244 e. The Morgan fingerprint density at radius 2 is 1.84 bits per heavy atom. The zero-order chi connectivity index (χ0) is 14.3. The molecule has 19 heavy (non-hydrogen) atoms. The van der Waals surface area contributed by atoms with Crippen molar-refractivity contribution in [3.63, 3.8) is 0 Å². The lowest BCUT2D eigenvalue weighted by Gasteiger charge is -2.09. The normalized spacial score (nSPS) is 10.5. The molecule has 1 aromatic rings. The maximum atomic E-state index is 11.5. The minimum Gasteiger partial charge on any atom is -0.347 e. The van der Waals surface area contributed by atoms with Crippen LogP contribution in [-0.2, 0) is 16.0 Å². The van der Waals surface area contributed by atoms with Crippen molar-refractivity contribution in [2.24, 2.45) is 0 Å². The van der Waals surface area contributed by atoms with E-state index in [1.807, 2.05) is 24.3 Å². The molecule has 4 heteroatoms. The Labute approximate surface area is 114 Å². The molecule has 1 aromatic carbocycles. The van der Waals surface area contributed by atoms with Crippen LogP contribution in [0, 0.1) is 0 Å². The first-order chi connectivity index (χ1) is 9.02. The number of aryl methyl sites for hydroxylation is 1. The fraction of sp³-hybridized carbons (Fsp3) is 0.333. The van der Waals surface area contributed by atoms with Gasteiger partial charge in [-0.15, -0.1) is 0 Å². The molecule has 2 amide bonds. The third kappa shape index (κ3) is 5.38. The Balaban J connectivity index is 2.46. The highest BCUT2D eigenvalue weighted by atomic mass is 16.2. The zero-order valence-corrected chi connectivity index (χ0v) is 11.6. The van der Waals surface area contributed by atoms with Gasteiger partial charge in [0.15, 0.2) is 0 Å². The summed E-state index contributed by atoms with van der Waals surface area (Å²) in [6, 6.07) is 8.00. The Morgan fingerprint density at radius 1 is 1.21 bits per heavy atom. The number of amides is 2. The number of likely N-dealkylation sites (N-methyl/N-ethyl adjacent to an activating group) is 1. The second-order valence-electron chi connectivity index (χ2n) is 4.43. The zero-order valence-electron chi connectivity index (χ0n) is 11.6. The highest BCUT2D eigenvalue weighted by Crippen LogP contribution is 2.06. The van der Waals surface area contributed by atoms with Gasteiger partial charge >= 0.3 is 0 Å². The number of benzene rings is 1. The van der Waals surface area contributed by atoms with Gasteiger partial charge in [-0.1, -0.05) is 31.2 Å². The molecule has 4 nitrogen and oxygen atoms in total. The summed E-state index contributed by atoms with van der Waals surface area (Å²) in [5, 5.41) is 2.54. The Morgan fingerprint density at radius 3 is 2.37 bits per heavy atom. The van der Waals surface area contributed by atoms with Crippen molar-refractivity contribution in [3.05, 3.63) is 41.5 Å². The average Bonchev–Trinajstić information content (AvgIpc) is 2.42. The molecule has 0 aliphatic rings. The van der Waals surface area contributed by atoms with Gasteiger partial charge in [-0.2, -0.15) is 0 Å². The maximum absolute atomic E-state index is 11.5. The second-order valence-corrected chi connectivity index (χ2v) is 4.43. The minimum absolute atomic E-state index is 0.0188. The van der Waals surface area contributed by atoms with E-state index in [0.29, 0.717) is 0 Å². The van der Waals surface area contributed by atoms with Crippen LogP contribution < -0.4 is 5.32 Å². The minimum atomic E-state index is -0.269. The molecule has 0 aliphatic carbocycles. The first-order valence-electron chi connectivity index (χ1n) is 6.28. The molecule has 0 heterocycles. The molecular weight excluding hydrogens is 240 g/mol. The van der Waals surface area contributed by atoms with Gasteiger partial charge in [0.2, 0.25) is 11.8 Å². The summed E-state index contributed by atoms with van der Waals surface area (Å²) in [6.45, 7) is 2.12. The third-order valence-electron chi connectivity index (χ3n) is 2.73. The summed E-state index contributed by atoms with van der Waals surface area (Å²) in [5.41, 5.74) is 2.23. The number of hydrogen-bond donors (Lipinski definition) is 1. The van der Waals surface area contributed by atoms with E-state index >= 15 is 0 Å². The molecule has 0 fully saturated rings. The van der Waals surface area contributed by atoms with Gasteiger partial charge in [0, 0.05) is 20.2 Å². The van der Waals surface area contributed by atoms with Gasteiger partial charge < -0.3 is 10.2 Å². The first-order valence-corrected chi connectivity index (χ1v) is 6.28. The molecule has 0 radical (unpaired) electrons. The topological polar surface area (TPSA) is 49.4 Å². The monoisotopic (exact) mass is 260 g/mol. The van der Waals surface area contributed by atoms with Crippen LogP contribution in [0.1, 0.15) is 18.1 Å². The average molecular weight is 260 g/mol. The van der Waals surface area contributed by atoms with Crippen molar-refractivity contribution in [3.8, 4) is 0 Å². The molecule has 0 aromatic heterocycles. The second kappa shape index (κ2) is 7.36. The molecule has 0 spiro atoms. The molecule has 0 unspecified atom stereocenters. The fourth-order valence-electron chi connectivity index (χ4n) is 1.42. The number of nitrogens with zero attached hydrogens (tertiary/aromatic N) is 1. The largest absolute Gasteiger partial charge is 0.347 e. The predicted molar refractivity (Wildman–Crippen MR) is 76.6 cm³/mol. The van der Waals surface area contributed by atoms with Gasteiger partial charge in [-0.05, 0) is 23.6 Å². The number of nitrogens with one attached hydrogen (secondary N) is 1. The lowest BCUT2D eigenvalue weighted by atomic mass is 10.1. The highest BCUT2D eigenvalue weighted by molar-refractivity contribution is 5.94. The van der Waals surface area contributed by atoms with E-state index in [2.05, 4.69) is 12.2 Å². The van der Waals surface area contributed by atoms with Gasteiger partial charge in [-0.3, -0.25) is 9.59 Å². The highest BCUT2D eigenvalue weighted by Gasteiger charge is 2.04. The van der Waals surface area contributed by atoms with E-state index in [1.165, 1.54) is 16.5 Å². The van der Waals surface area contributed by atoms with Crippen LogP contribution in [-0.4, -0.2) is 37.4 Å². The lowest BCUT2D eigenvalue weighted by Crippen LogP contribution is -2.35. The number of rotatable bonds is 5. The molecule has 0 bridgehead atoms. The lowest BCUT2D eigenvalue weighted by molar-refractivity contribution is -0.129. The van der Waals surface area contributed by atoms with Crippen LogP contribution in [0.5, 0.6) is 0 Å². The fourth-order valence-corrected chi connectivity index (χ4v) is 1.42. The quantitative estimate of drug-likeness (QED) is 0.815. The van der Waals surface area contributed by atoms with Gasteiger partial charge in [0.25, 0.3) is 0 Å². The SMILES string of the molecule is CCc1ccc(/C=C/C(=O)NCC(=O)N(C)C)cc1. The van der Waals surface area contributed by atoms with Crippen LogP contribution in [0.15, 0.2) is 30.3 Å². The van der Waals surface area contributed by atoms with Gasteiger partial charge in [-0.25, -0.2) is 0 Å². The summed E-state index contributed by atoms with van der Waals surface area (Å²) in [6.07, 6.45) is 4.16. The summed E-state index contributed by atoms with van der Waals surface area (Å²) >= 11 is 0. The van der Waals surface area contributed by atoms with Crippen molar-refractivity contribution in [1.29, 1.82) is 0 Å². The van der Waals surface area contributed by atoms with E-state index in [4.69, 9.17) is 0 Å². The van der Waals surface area contributed by atoms with Crippen molar-refractivity contribution in [2.45, 2.75) is 13.3 Å². The van der Waals surface area contributed by atoms with Crippen molar-refractivity contribution >= 4 is 17.9 Å². The van der Waals surface area contributed by atoms with Crippen molar-refractivity contribution in [1.82, 2.24) is 10.2 Å². The first kappa shape index (κ1) is 15.0. The van der Waals surface area contributed by atoms with Crippen molar-refractivity contribution in [2.75, 3.05) is 20.6 Å². The van der Waals surface area contributed by atoms with Gasteiger partial charge in [0.05, 0.1) is 6.54 Å². The molecule has 0 saturated carbocycles. The van der Waals surface area contributed by atoms with Crippen LogP contribution in [0.4, 0.5) is 0 Å². The van der Waals surface area contributed by atoms with Crippen LogP contribution >= 0.6 is 0 Å². The standard InChI is InChI=1S/C15H20N2O2/c1-4-12-5-7-13(8-6-12)9-10-14(18)16-11-15(19)17(2)3/h5-10H,4,11H2,1-3H3,(H,16,18)/b10-9+. The van der Waals surface area contributed by atoms with Crippen molar-refractivity contribution < 1.29 is 9.59 Å². The summed E-state index contributed by atoms with van der Waals surface area (Å²) in [7, 11) is 3.30. The molecule has 0 aliphatic heterocycles. The summed E-state index contributed by atoms with van der Waals surface area (Å²) < 4.78 is 0. The van der Waals surface area contributed by atoms with E-state index in [9.17, 15) is 9.59 Å². The Kier molecular flexibility index (Phi) is 5.79. The predicted octanol–water partition coefficient (Wildman–Crippen LogP) is 1.47. The summed E-state index contributed by atoms with van der Waals surface area (Å²) in [5.74, 6) is -0.399. The number of carbonyl (C=O) groups excluding carboxylic acids is 2.